The van der Waals surface area contributed by atoms with Crippen molar-refractivity contribution in [2.75, 3.05) is 13.7 Å². The van der Waals surface area contributed by atoms with E-state index in [9.17, 15) is 19.2 Å². The average Bonchev–Trinajstić information content (AvgIpc) is 2.86. The molecule has 0 radical (unpaired) electrons. The number of rotatable bonds is 13. The second-order valence-corrected chi connectivity index (χ2v) is 8.07. The number of ether oxygens (including phenoxy) is 1. The van der Waals surface area contributed by atoms with Gasteiger partial charge in [0.15, 0.2) is 0 Å². The van der Waals surface area contributed by atoms with Gasteiger partial charge in [0.25, 0.3) is 0 Å². The van der Waals surface area contributed by atoms with Gasteiger partial charge in [0.05, 0.1) is 19.2 Å². The Morgan fingerprint density at radius 2 is 1.77 bits per heavy atom. The Labute approximate surface area is 204 Å². The molecule has 10 nitrogen and oxygen atoms in total. The molecule has 0 saturated carbocycles. The first kappa shape index (κ1) is 27.3. The lowest BCUT2D eigenvalue weighted by Crippen LogP contribution is -2.48. The molecule has 0 aliphatic carbocycles. The fourth-order valence-electron chi connectivity index (χ4n) is 3.37. The molecule has 4 N–H and O–H groups in total. The monoisotopic (exact) mass is 484 g/mol. The maximum absolute atomic E-state index is 12.6. The zero-order valence-electron chi connectivity index (χ0n) is 20.0. The van der Waals surface area contributed by atoms with Crippen molar-refractivity contribution in [2.45, 2.75) is 51.1 Å². The number of pyridine rings is 1. The number of aliphatic carboxylic acids is 1. The van der Waals surface area contributed by atoms with E-state index >= 15 is 0 Å². The minimum absolute atomic E-state index is 0.0746. The molecule has 3 amide bonds. The average molecular weight is 485 g/mol. The second-order valence-electron chi connectivity index (χ2n) is 8.07. The van der Waals surface area contributed by atoms with Crippen LogP contribution in [0.5, 0.6) is 0 Å². The first-order valence-electron chi connectivity index (χ1n) is 11.4. The highest BCUT2D eigenvalue weighted by Crippen LogP contribution is 2.18. The van der Waals surface area contributed by atoms with Gasteiger partial charge in [0.1, 0.15) is 6.04 Å². The molecule has 1 aromatic heterocycles. The van der Waals surface area contributed by atoms with Crippen LogP contribution in [0.25, 0.3) is 11.3 Å². The third kappa shape index (κ3) is 10.2. The topological polar surface area (TPSA) is 147 Å². The van der Waals surface area contributed by atoms with E-state index in [2.05, 4.69) is 25.7 Å². The van der Waals surface area contributed by atoms with Gasteiger partial charge in [-0.2, -0.15) is 0 Å². The van der Waals surface area contributed by atoms with Gasteiger partial charge in [-0.1, -0.05) is 30.3 Å². The number of aromatic nitrogens is 1. The van der Waals surface area contributed by atoms with Crippen molar-refractivity contribution in [3.63, 3.8) is 0 Å². The standard InChI is InChI=1S/C25H32N4O6/c1-17(28-25(34)35-2)24(33)29-20(6-5-15-27-22(30)12-13-23(31)32)16-18-8-10-19(11-9-18)21-7-3-4-14-26-21/h3-4,7-11,14,17,20H,5-6,12-13,15-16H2,1-2H3,(H,27,30)(H,28,34)(H,29,33)(H,31,32). The molecule has 2 unspecified atom stereocenters. The second kappa shape index (κ2) is 14.3. The van der Waals surface area contributed by atoms with E-state index in [1.165, 1.54) is 7.11 Å². The van der Waals surface area contributed by atoms with Crippen molar-refractivity contribution < 1.29 is 29.0 Å². The summed E-state index contributed by atoms with van der Waals surface area (Å²) >= 11 is 0. The minimum atomic E-state index is -1.02. The van der Waals surface area contributed by atoms with Gasteiger partial charge in [0.2, 0.25) is 11.8 Å². The molecular weight excluding hydrogens is 452 g/mol. The number of carboxylic acids is 1. The van der Waals surface area contributed by atoms with E-state index in [-0.39, 0.29) is 30.7 Å². The molecule has 0 spiro atoms. The molecule has 0 saturated heterocycles. The van der Waals surface area contributed by atoms with Crippen molar-refractivity contribution in [2.24, 2.45) is 0 Å². The number of hydrogen-bond donors (Lipinski definition) is 4. The third-order valence-corrected chi connectivity index (χ3v) is 5.27. The van der Waals surface area contributed by atoms with Crippen molar-refractivity contribution >= 4 is 23.9 Å². The number of nitrogens with one attached hydrogen (secondary N) is 3. The first-order chi connectivity index (χ1) is 16.8. The van der Waals surface area contributed by atoms with E-state index in [1.807, 2.05) is 42.5 Å². The Kier molecular flexibility index (Phi) is 11.2. The van der Waals surface area contributed by atoms with E-state index in [0.717, 1.165) is 16.8 Å². The lowest BCUT2D eigenvalue weighted by atomic mass is 9.99. The van der Waals surface area contributed by atoms with Gasteiger partial charge in [-0.15, -0.1) is 0 Å². The zero-order valence-corrected chi connectivity index (χ0v) is 20.0. The Morgan fingerprint density at radius 3 is 2.40 bits per heavy atom. The minimum Gasteiger partial charge on any atom is -0.481 e. The van der Waals surface area contributed by atoms with Crippen LogP contribution in [-0.4, -0.2) is 59.7 Å². The van der Waals surface area contributed by atoms with Crippen molar-refractivity contribution in [3.8, 4) is 11.3 Å². The van der Waals surface area contributed by atoms with Crippen LogP contribution in [-0.2, 0) is 25.5 Å². The summed E-state index contributed by atoms with van der Waals surface area (Å²) in [6, 6.07) is 12.6. The highest BCUT2D eigenvalue weighted by atomic mass is 16.5. The van der Waals surface area contributed by atoms with Crippen LogP contribution in [0.3, 0.4) is 0 Å². The van der Waals surface area contributed by atoms with Crippen LogP contribution in [0.1, 0.15) is 38.2 Å². The number of alkyl carbamates (subject to hydrolysis) is 1. The first-order valence-corrected chi connectivity index (χ1v) is 11.4. The zero-order chi connectivity index (χ0) is 25.6. The molecule has 1 aromatic carbocycles. The number of methoxy groups -OCH3 is 1. The number of benzene rings is 1. The van der Waals surface area contributed by atoms with Gasteiger partial charge < -0.3 is 25.8 Å². The van der Waals surface area contributed by atoms with Crippen LogP contribution >= 0.6 is 0 Å². The van der Waals surface area contributed by atoms with Crippen molar-refractivity contribution in [1.82, 2.24) is 20.9 Å². The van der Waals surface area contributed by atoms with Gasteiger partial charge in [-0.25, -0.2) is 4.79 Å². The molecule has 0 aliphatic heterocycles. The summed E-state index contributed by atoms with van der Waals surface area (Å²) in [5, 5.41) is 16.8. The summed E-state index contributed by atoms with van der Waals surface area (Å²) in [5.41, 5.74) is 2.86. The molecule has 10 heteroatoms. The summed E-state index contributed by atoms with van der Waals surface area (Å²) < 4.78 is 4.54. The third-order valence-electron chi connectivity index (χ3n) is 5.27. The number of hydrogen-bond acceptors (Lipinski definition) is 6. The predicted octanol–water partition coefficient (Wildman–Crippen LogP) is 2.28. The number of carboxylic acid groups (broad SMARTS) is 1. The maximum Gasteiger partial charge on any atom is 0.407 e. The highest BCUT2D eigenvalue weighted by Gasteiger charge is 2.20. The van der Waals surface area contributed by atoms with E-state index < -0.39 is 18.1 Å². The number of nitrogens with zero attached hydrogens (tertiary/aromatic N) is 1. The van der Waals surface area contributed by atoms with Crippen LogP contribution in [0.2, 0.25) is 0 Å². The number of carbonyl (C=O) groups excluding carboxylic acids is 3. The van der Waals surface area contributed by atoms with Gasteiger partial charge in [-0.05, 0) is 43.9 Å². The van der Waals surface area contributed by atoms with E-state index in [0.29, 0.717) is 25.8 Å². The number of carbonyl (C=O) groups is 4. The molecule has 0 aliphatic rings. The van der Waals surface area contributed by atoms with Gasteiger partial charge in [0, 0.05) is 30.8 Å². The summed E-state index contributed by atoms with van der Waals surface area (Å²) in [6.07, 6.45) is 2.44. The molecule has 2 aromatic rings. The van der Waals surface area contributed by atoms with Crippen molar-refractivity contribution in [1.29, 1.82) is 0 Å². The summed E-state index contributed by atoms with van der Waals surface area (Å²) in [5.74, 6) is -1.70. The van der Waals surface area contributed by atoms with Crippen molar-refractivity contribution in [3.05, 3.63) is 54.2 Å². The molecule has 0 bridgehead atoms. The summed E-state index contributed by atoms with van der Waals surface area (Å²) in [6.45, 7) is 1.92. The van der Waals surface area contributed by atoms with Crippen LogP contribution < -0.4 is 16.0 Å². The van der Waals surface area contributed by atoms with Crippen LogP contribution in [0.4, 0.5) is 4.79 Å². The lowest BCUT2D eigenvalue weighted by molar-refractivity contribution is -0.138. The predicted molar refractivity (Wildman–Crippen MR) is 129 cm³/mol. The fourth-order valence-corrected chi connectivity index (χ4v) is 3.37. The molecular formula is C25H32N4O6. The Bertz CT molecular complexity index is 981. The fraction of sp³-hybridized carbons (Fsp3) is 0.400. The molecule has 2 rings (SSSR count). The maximum atomic E-state index is 12.6. The molecule has 0 fully saturated rings. The molecule has 35 heavy (non-hydrogen) atoms. The summed E-state index contributed by atoms with van der Waals surface area (Å²) in [7, 11) is 1.22. The number of amides is 3. The molecule has 1 heterocycles. The normalized spacial score (nSPS) is 12.2. The van der Waals surface area contributed by atoms with Crippen LogP contribution in [0.15, 0.2) is 48.7 Å². The Morgan fingerprint density at radius 1 is 1.03 bits per heavy atom. The Balaban J connectivity index is 1.98. The quantitative estimate of drug-likeness (QED) is 0.319. The van der Waals surface area contributed by atoms with E-state index in [1.54, 1.807) is 13.1 Å². The SMILES string of the molecule is COC(=O)NC(C)C(=O)NC(CCCNC(=O)CCC(=O)O)Cc1ccc(-c2ccccn2)cc1. The largest absolute Gasteiger partial charge is 0.481 e. The smallest absolute Gasteiger partial charge is 0.407 e. The van der Waals surface area contributed by atoms with Crippen LogP contribution in [0, 0.1) is 0 Å². The van der Waals surface area contributed by atoms with Gasteiger partial charge in [-0.3, -0.25) is 19.4 Å². The Hall–Kier alpha value is -3.95. The molecule has 2 atom stereocenters. The van der Waals surface area contributed by atoms with Gasteiger partial charge >= 0.3 is 12.1 Å². The molecule has 188 valence electrons. The highest BCUT2D eigenvalue weighted by molar-refractivity contribution is 5.85. The summed E-state index contributed by atoms with van der Waals surface area (Å²) in [4.78, 5) is 50.7. The lowest BCUT2D eigenvalue weighted by Gasteiger charge is -2.22. The van der Waals surface area contributed by atoms with E-state index in [4.69, 9.17) is 5.11 Å².